The van der Waals surface area contributed by atoms with Crippen LogP contribution >= 0.6 is 0 Å². The standard InChI is InChI=1S/C12H18N2O4/c1-8-10(12(16)18-3)4-5-11(14-8)13-6-9(15)7-17-2/h4-5,9,15H,6-7H2,1-3H3,(H,13,14). The molecule has 1 rings (SSSR count). The fourth-order valence-electron chi connectivity index (χ4n) is 1.46. The summed E-state index contributed by atoms with van der Waals surface area (Å²) in [6.45, 7) is 2.31. The second-order valence-electron chi connectivity index (χ2n) is 3.81. The monoisotopic (exact) mass is 254 g/mol. The van der Waals surface area contributed by atoms with Crippen LogP contribution in [0.1, 0.15) is 16.1 Å². The van der Waals surface area contributed by atoms with Crippen LogP contribution in [-0.4, -0.2) is 49.5 Å². The van der Waals surface area contributed by atoms with E-state index < -0.39 is 12.1 Å². The topological polar surface area (TPSA) is 80.7 Å². The molecule has 1 aromatic rings. The molecule has 0 aliphatic rings. The molecule has 18 heavy (non-hydrogen) atoms. The maximum atomic E-state index is 11.4. The number of hydrogen-bond acceptors (Lipinski definition) is 6. The summed E-state index contributed by atoms with van der Waals surface area (Å²) in [7, 11) is 2.85. The summed E-state index contributed by atoms with van der Waals surface area (Å²) >= 11 is 0. The Bertz CT molecular complexity index is 409. The number of carbonyl (C=O) groups excluding carboxylic acids is 1. The van der Waals surface area contributed by atoms with Gasteiger partial charge in [-0.25, -0.2) is 9.78 Å². The van der Waals surface area contributed by atoms with E-state index in [1.807, 2.05) is 0 Å². The van der Waals surface area contributed by atoms with E-state index in [2.05, 4.69) is 15.0 Å². The number of nitrogens with one attached hydrogen (secondary N) is 1. The van der Waals surface area contributed by atoms with E-state index in [1.54, 1.807) is 19.1 Å². The average Bonchev–Trinajstić information content (AvgIpc) is 2.36. The van der Waals surface area contributed by atoms with Gasteiger partial charge >= 0.3 is 5.97 Å². The minimum atomic E-state index is -0.600. The second kappa shape index (κ2) is 6.93. The molecular weight excluding hydrogens is 236 g/mol. The van der Waals surface area contributed by atoms with Crippen LogP contribution in [-0.2, 0) is 9.47 Å². The number of ether oxygens (including phenoxy) is 2. The summed E-state index contributed by atoms with van der Waals surface area (Å²) in [4.78, 5) is 15.6. The SMILES string of the molecule is COCC(O)CNc1ccc(C(=O)OC)c(C)n1. The third kappa shape index (κ3) is 3.97. The number of aliphatic hydroxyl groups excluding tert-OH is 1. The number of aliphatic hydroxyl groups is 1. The molecule has 0 radical (unpaired) electrons. The highest BCUT2D eigenvalue weighted by molar-refractivity contribution is 5.90. The van der Waals surface area contributed by atoms with Gasteiger partial charge in [0.05, 0.1) is 31.1 Å². The van der Waals surface area contributed by atoms with Gasteiger partial charge < -0.3 is 19.9 Å². The molecule has 2 N–H and O–H groups in total. The minimum absolute atomic E-state index is 0.256. The predicted molar refractivity (Wildman–Crippen MR) is 66.7 cm³/mol. The third-order valence-corrected chi connectivity index (χ3v) is 2.37. The summed E-state index contributed by atoms with van der Waals surface area (Å²) in [5, 5.41) is 12.4. The number of aryl methyl sites for hydroxylation is 1. The first-order chi connectivity index (χ1) is 8.58. The van der Waals surface area contributed by atoms with E-state index in [9.17, 15) is 9.90 Å². The molecule has 1 atom stereocenters. The van der Waals surface area contributed by atoms with E-state index in [-0.39, 0.29) is 6.61 Å². The van der Waals surface area contributed by atoms with Crippen LogP contribution in [0.3, 0.4) is 0 Å². The highest BCUT2D eigenvalue weighted by Gasteiger charge is 2.11. The van der Waals surface area contributed by atoms with Crippen molar-refractivity contribution in [3.05, 3.63) is 23.4 Å². The number of nitrogens with zero attached hydrogens (tertiary/aromatic N) is 1. The van der Waals surface area contributed by atoms with Crippen molar-refractivity contribution >= 4 is 11.8 Å². The largest absolute Gasteiger partial charge is 0.465 e. The Balaban J connectivity index is 2.64. The molecule has 0 amide bonds. The van der Waals surface area contributed by atoms with Crippen LogP contribution in [0.5, 0.6) is 0 Å². The first-order valence-corrected chi connectivity index (χ1v) is 5.55. The van der Waals surface area contributed by atoms with Gasteiger partial charge in [0, 0.05) is 13.7 Å². The number of anilines is 1. The van der Waals surface area contributed by atoms with Crippen molar-refractivity contribution in [2.45, 2.75) is 13.0 Å². The van der Waals surface area contributed by atoms with E-state index in [0.29, 0.717) is 23.6 Å². The van der Waals surface area contributed by atoms with Gasteiger partial charge in [0.15, 0.2) is 0 Å². The second-order valence-corrected chi connectivity index (χ2v) is 3.81. The van der Waals surface area contributed by atoms with Gasteiger partial charge in [-0.15, -0.1) is 0 Å². The van der Waals surface area contributed by atoms with Crippen LogP contribution in [0.15, 0.2) is 12.1 Å². The lowest BCUT2D eigenvalue weighted by Gasteiger charge is -2.12. The van der Waals surface area contributed by atoms with Crippen molar-refractivity contribution in [2.24, 2.45) is 0 Å². The lowest BCUT2D eigenvalue weighted by Crippen LogP contribution is -2.24. The molecule has 0 aromatic carbocycles. The van der Waals surface area contributed by atoms with Gasteiger partial charge in [-0.3, -0.25) is 0 Å². The van der Waals surface area contributed by atoms with E-state index >= 15 is 0 Å². The van der Waals surface area contributed by atoms with Gasteiger partial charge in [0.25, 0.3) is 0 Å². The van der Waals surface area contributed by atoms with Crippen molar-refractivity contribution in [3.63, 3.8) is 0 Å². The number of aromatic nitrogens is 1. The van der Waals surface area contributed by atoms with E-state index in [4.69, 9.17) is 4.74 Å². The molecule has 1 heterocycles. The summed E-state index contributed by atoms with van der Waals surface area (Å²) in [6.07, 6.45) is -0.600. The molecule has 1 unspecified atom stereocenters. The molecule has 0 saturated carbocycles. The third-order valence-electron chi connectivity index (χ3n) is 2.37. The van der Waals surface area contributed by atoms with Gasteiger partial charge in [-0.05, 0) is 19.1 Å². The van der Waals surface area contributed by atoms with Crippen LogP contribution in [0.25, 0.3) is 0 Å². The molecule has 1 aromatic heterocycles. The van der Waals surface area contributed by atoms with E-state index in [0.717, 1.165) is 0 Å². The highest BCUT2D eigenvalue weighted by Crippen LogP contribution is 2.11. The fourth-order valence-corrected chi connectivity index (χ4v) is 1.46. The predicted octanol–water partition coefficient (Wildman–Crippen LogP) is 0.596. The Morgan fingerprint density at radius 2 is 2.22 bits per heavy atom. The van der Waals surface area contributed by atoms with Crippen LogP contribution < -0.4 is 5.32 Å². The summed E-state index contributed by atoms with van der Waals surface area (Å²) < 4.78 is 9.44. The number of pyridine rings is 1. The first kappa shape index (κ1) is 14.4. The molecule has 0 bridgehead atoms. The van der Waals surface area contributed by atoms with Crippen molar-refractivity contribution in [3.8, 4) is 0 Å². The van der Waals surface area contributed by atoms with Crippen LogP contribution in [0.2, 0.25) is 0 Å². The molecule has 6 heteroatoms. The zero-order chi connectivity index (χ0) is 13.5. The number of esters is 1. The molecule has 6 nitrogen and oxygen atoms in total. The van der Waals surface area contributed by atoms with Gasteiger partial charge in [-0.2, -0.15) is 0 Å². The number of methoxy groups -OCH3 is 2. The zero-order valence-electron chi connectivity index (χ0n) is 10.8. The first-order valence-electron chi connectivity index (χ1n) is 5.55. The Kier molecular flexibility index (Phi) is 5.54. The highest BCUT2D eigenvalue weighted by atomic mass is 16.5. The Labute approximate surface area is 106 Å². The fraction of sp³-hybridized carbons (Fsp3) is 0.500. The molecule has 0 aliphatic carbocycles. The molecule has 0 saturated heterocycles. The minimum Gasteiger partial charge on any atom is -0.465 e. The Hall–Kier alpha value is -1.66. The molecule has 0 fully saturated rings. The maximum absolute atomic E-state index is 11.4. The van der Waals surface area contributed by atoms with Gasteiger partial charge in [0.1, 0.15) is 5.82 Å². The molecule has 0 spiro atoms. The van der Waals surface area contributed by atoms with Crippen molar-refractivity contribution in [2.75, 3.05) is 32.7 Å². The normalized spacial score (nSPS) is 12.0. The number of rotatable bonds is 6. The lowest BCUT2D eigenvalue weighted by molar-refractivity contribution is 0.0599. The molecule has 0 aliphatic heterocycles. The van der Waals surface area contributed by atoms with Crippen LogP contribution in [0, 0.1) is 6.92 Å². The molecule has 100 valence electrons. The number of hydrogen-bond donors (Lipinski definition) is 2. The average molecular weight is 254 g/mol. The summed E-state index contributed by atoms with van der Waals surface area (Å²) in [5.41, 5.74) is 1.01. The lowest BCUT2D eigenvalue weighted by atomic mass is 10.2. The van der Waals surface area contributed by atoms with Gasteiger partial charge in [-0.1, -0.05) is 0 Å². The van der Waals surface area contributed by atoms with Crippen molar-refractivity contribution in [1.29, 1.82) is 0 Å². The quantitative estimate of drug-likeness (QED) is 0.723. The maximum Gasteiger partial charge on any atom is 0.339 e. The van der Waals surface area contributed by atoms with Crippen molar-refractivity contribution in [1.82, 2.24) is 4.98 Å². The Morgan fingerprint density at radius 3 is 2.78 bits per heavy atom. The zero-order valence-corrected chi connectivity index (χ0v) is 10.8. The van der Waals surface area contributed by atoms with Gasteiger partial charge in [0.2, 0.25) is 0 Å². The summed E-state index contributed by atoms with van der Waals surface area (Å²) in [6, 6.07) is 3.30. The smallest absolute Gasteiger partial charge is 0.339 e. The summed E-state index contributed by atoms with van der Waals surface area (Å²) in [5.74, 6) is 0.182. The van der Waals surface area contributed by atoms with Crippen molar-refractivity contribution < 1.29 is 19.4 Å². The van der Waals surface area contributed by atoms with Crippen LogP contribution in [0.4, 0.5) is 5.82 Å². The Morgan fingerprint density at radius 1 is 1.50 bits per heavy atom. The molecular formula is C12H18N2O4. The number of carbonyl (C=O) groups is 1. The van der Waals surface area contributed by atoms with E-state index in [1.165, 1.54) is 14.2 Å².